The molecule has 0 bridgehead atoms. The molecule has 0 saturated carbocycles. The maximum Gasteiger partial charge on any atom is 0.244 e. The van der Waals surface area contributed by atoms with Crippen LogP contribution >= 0.6 is 0 Å². The average Bonchev–Trinajstić information content (AvgIpc) is 3.34. The minimum absolute atomic E-state index is 0.0195. The molecule has 2 aromatic rings. The van der Waals surface area contributed by atoms with E-state index in [9.17, 15) is 21.6 Å². The van der Waals surface area contributed by atoms with Gasteiger partial charge in [-0.2, -0.15) is 8.61 Å². The van der Waals surface area contributed by atoms with Gasteiger partial charge in [-0.1, -0.05) is 0 Å². The van der Waals surface area contributed by atoms with Gasteiger partial charge >= 0.3 is 0 Å². The van der Waals surface area contributed by atoms with Crippen LogP contribution in [0.1, 0.15) is 24.8 Å². The number of anilines is 1. The van der Waals surface area contributed by atoms with Crippen molar-refractivity contribution in [2.24, 2.45) is 0 Å². The number of sulfonamides is 2. The highest BCUT2D eigenvalue weighted by Crippen LogP contribution is 2.31. The molecule has 1 amide bonds. The van der Waals surface area contributed by atoms with E-state index in [0.717, 1.165) is 22.7 Å². The standard InChI is InChI=1S/C21H26N4O5S2/c1-23(31(27,28)19-7-4-10-22-15-19)16-21(26)25-13-5-6-17-14-18(8-9-20(17)25)32(29,30)24-11-2-3-12-24/h4,7-10,14-15H,2-3,5-6,11-13,16H2,1H3. The Kier molecular flexibility index (Phi) is 6.35. The first-order valence-corrected chi connectivity index (χ1v) is 13.4. The van der Waals surface area contributed by atoms with Crippen LogP contribution in [0.15, 0.2) is 52.5 Å². The van der Waals surface area contributed by atoms with Crippen LogP contribution in [0.4, 0.5) is 5.69 Å². The van der Waals surface area contributed by atoms with E-state index < -0.39 is 20.0 Å². The lowest BCUT2D eigenvalue weighted by Gasteiger charge is -2.31. The normalized spacial score (nSPS) is 17.5. The third kappa shape index (κ3) is 4.29. The largest absolute Gasteiger partial charge is 0.311 e. The molecule has 1 aromatic carbocycles. The molecule has 0 aliphatic carbocycles. The Morgan fingerprint density at radius 3 is 2.47 bits per heavy atom. The second-order valence-electron chi connectivity index (χ2n) is 8.00. The number of benzene rings is 1. The van der Waals surface area contributed by atoms with E-state index in [1.54, 1.807) is 17.0 Å². The van der Waals surface area contributed by atoms with Crippen LogP contribution in [0, 0.1) is 0 Å². The number of hydrogen-bond acceptors (Lipinski definition) is 6. The molecule has 172 valence electrons. The molecule has 0 radical (unpaired) electrons. The van der Waals surface area contributed by atoms with Gasteiger partial charge in [0.25, 0.3) is 0 Å². The van der Waals surface area contributed by atoms with Crippen molar-refractivity contribution in [1.82, 2.24) is 13.6 Å². The van der Waals surface area contributed by atoms with Crippen LogP contribution in [0.5, 0.6) is 0 Å². The van der Waals surface area contributed by atoms with Crippen molar-refractivity contribution >= 4 is 31.6 Å². The Morgan fingerprint density at radius 2 is 1.78 bits per heavy atom. The number of likely N-dealkylation sites (N-methyl/N-ethyl adjacent to an activating group) is 1. The van der Waals surface area contributed by atoms with Gasteiger partial charge in [0.15, 0.2) is 0 Å². The Morgan fingerprint density at radius 1 is 1.03 bits per heavy atom. The third-order valence-corrected chi connectivity index (χ3v) is 9.56. The molecule has 3 heterocycles. The summed E-state index contributed by atoms with van der Waals surface area (Å²) in [5, 5.41) is 0. The number of rotatable bonds is 6. The maximum absolute atomic E-state index is 13.0. The van der Waals surface area contributed by atoms with E-state index in [4.69, 9.17) is 0 Å². The summed E-state index contributed by atoms with van der Waals surface area (Å²) in [4.78, 5) is 18.7. The molecule has 32 heavy (non-hydrogen) atoms. The molecule has 4 rings (SSSR count). The van der Waals surface area contributed by atoms with E-state index in [1.165, 1.54) is 41.9 Å². The van der Waals surface area contributed by atoms with Crippen molar-refractivity contribution in [3.63, 3.8) is 0 Å². The zero-order chi connectivity index (χ0) is 22.9. The van der Waals surface area contributed by atoms with Crippen molar-refractivity contribution in [2.75, 3.05) is 38.1 Å². The number of hydrogen-bond donors (Lipinski definition) is 0. The number of carbonyl (C=O) groups is 1. The average molecular weight is 479 g/mol. The Balaban J connectivity index is 1.54. The van der Waals surface area contributed by atoms with Gasteiger partial charge in [-0.15, -0.1) is 0 Å². The Labute approximate surface area is 188 Å². The van der Waals surface area contributed by atoms with E-state index in [1.807, 2.05) is 0 Å². The molecule has 2 aliphatic heterocycles. The first-order valence-electron chi connectivity index (χ1n) is 10.5. The lowest BCUT2D eigenvalue weighted by Crippen LogP contribution is -2.43. The predicted octanol–water partition coefficient (Wildman–Crippen LogP) is 1.47. The monoisotopic (exact) mass is 478 g/mol. The number of fused-ring (bicyclic) bond motifs is 1. The summed E-state index contributed by atoms with van der Waals surface area (Å²) in [5.74, 6) is -0.365. The lowest BCUT2D eigenvalue weighted by molar-refractivity contribution is -0.118. The maximum atomic E-state index is 13.0. The summed E-state index contributed by atoms with van der Waals surface area (Å²) >= 11 is 0. The first-order chi connectivity index (χ1) is 15.2. The highest BCUT2D eigenvalue weighted by Gasteiger charge is 2.31. The van der Waals surface area contributed by atoms with Gasteiger partial charge in [0.2, 0.25) is 26.0 Å². The molecule has 0 N–H and O–H groups in total. The molecule has 0 atom stereocenters. The summed E-state index contributed by atoms with van der Waals surface area (Å²) < 4.78 is 53.7. The molecule has 2 aliphatic rings. The molecule has 0 spiro atoms. The second-order valence-corrected chi connectivity index (χ2v) is 12.0. The van der Waals surface area contributed by atoms with Crippen molar-refractivity contribution < 1.29 is 21.6 Å². The van der Waals surface area contributed by atoms with Gasteiger partial charge in [0.1, 0.15) is 4.90 Å². The van der Waals surface area contributed by atoms with E-state index in [-0.39, 0.29) is 22.2 Å². The van der Waals surface area contributed by atoms with Gasteiger partial charge in [-0.05, 0) is 61.6 Å². The highest BCUT2D eigenvalue weighted by molar-refractivity contribution is 7.89. The van der Waals surface area contributed by atoms with Crippen LogP contribution in [0.25, 0.3) is 0 Å². The molecule has 9 nitrogen and oxygen atoms in total. The van der Waals surface area contributed by atoms with Crippen LogP contribution in [0.3, 0.4) is 0 Å². The third-order valence-electron chi connectivity index (χ3n) is 5.87. The molecule has 0 unspecified atom stereocenters. The van der Waals surface area contributed by atoms with Crippen molar-refractivity contribution in [3.8, 4) is 0 Å². The molecule has 11 heteroatoms. The number of amides is 1. The summed E-state index contributed by atoms with van der Waals surface area (Å²) in [7, 11) is -6.03. The number of aryl methyl sites for hydroxylation is 1. The molecule has 1 saturated heterocycles. The fourth-order valence-electron chi connectivity index (χ4n) is 4.11. The van der Waals surface area contributed by atoms with Gasteiger partial charge in [0.05, 0.1) is 11.4 Å². The minimum Gasteiger partial charge on any atom is -0.311 e. The van der Waals surface area contributed by atoms with Gasteiger partial charge < -0.3 is 4.90 Å². The molecule has 1 fully saturated rings. The summed E-state index contributed by atoms with van der Waals surface area (Å²) in [6, 6.07) is 7.80. The fourth-order valence-corrected chi connectivity index (χ4v) is 6.76. The SMILES string of the molecule is CN(CC(=O)N1CCCc2cc(S(=O)(=O)N3CCCC3)ccc21)S(=O)(=O)c1cccnc1. The topological polar surface area (TPSA) is 108 Å². The minimum atomic E-state index is -3.85. The Hall–Kier alpha value is -2.34. The summed E-state index contributed by atoms with van der Waals surface area (Å²) in [5.41, 5.74) is 1.41. The highest BCUT2D eigenvalue weighted by atomic mass is 32.2. The zero-order valence-electron chi connectivity index (χ0n) is 17.8. The Bertz CT molecular complexity index is 1210. The van der Waals surface area contributed by atoms with E-state index >= 15 is 0 Å². The summed E-state index contributed by atoms with van der Waals surface area (Å²) in [6.07, 6.45) is 5.78. The quantitative estimate of drug-likeness (QED) is 0.622. The van der Waals surface area contributed by atoms with Gasteiger partial charge in [-0.25, -0.2) is 16.8 Å². The predicted molar refractivity (Wildman–Crippen MR) is 119 cm³/mol. The van der Waals surface area contributed by atoms with Gasteiger partial charge in [-0.3, -0.25) is 9.78 Å². The lowest BCUT2D eigenvalue weighted by atomic mass is 10.0. The molecular weight excluding hydrogens is 452 g/mol. The number of pyridine rings is 1. The van der Waals surface area contributed by atoms with Crippen LogP contribution in [0.2, 0.25) is 0 Å². The van der Waals surface area contributed by atoms with Crippen molar-refractivity contribution in [3.05, 3.63) is 48.3 Å². The van der Waals surface area contributed by atoms with Crippen molar-refractivity contribution in [1.29, 1.82) is 0 Å². The zero-order valence-corrected chi connectivity index (χ0v) is 19.5. The van der Waals surface area contributed by atoms with Crippen LogP contribution in [-0.4, -0.2) is 69.6 Å². The number of aromatic nitrogens is 1. The first kappa shape index (κ1) is 22.8. The van der Waals surface area contributed by atoms with E-state index in [2.05, 4.69) is 4.98 Å². The fraction of sp³-hybridized carbons (Fsp3) is 0.429. The van der Waals surface area contributed by atoms with Crippen LogP contribution in [-0.2, 0) is 31.3 Å². The number of carbonyl (C=O) groups excluding carboxylic acids is 1. The van der Waals surface area contributed by atoms with Crippen molar-refractivity contribution in [2.45, 2.75) is 35.5 Å². The summed E-state index contributed by atoms with van der Waals surface area (Å²) in [6.45, 7) is 1.18. The van der Waals surface area contributed by atoms with E-state index in [0.29, 0.717) is 38.2 Å². The second kappa shape index (κ2) is 8.89. The van der Waals surface area contributed by atoms with Crippen LogP contribution < -0.4 is 4.90 Å². The molecular formula is C21H26N4O5S2. The number of nitrogens with zero attached hydrogens (tertiary/aromatic N) is 4. The van der Waals surface area contributed by atoms with Gasteiger partial charge in [0, 0.05) is 44.8 Å². The smallest absolute Gasteiger partial charge is 0.244 e. The molecule has 1 aromatic heterocycles.